The Morgan fingerprint density at radius 3 is 2.60 bits per heavy atom. The first-order valence-electron chi connectivity index (χ1n) is 7.86. The molecule has 0 aromatic heterocycles. The highest BCUT2D eigenvalue weighted by Crippen LogP contribution is 2.41. The molecule has 1 N–H and O–H groups in total. The van der Waals surface area contributed by atoms with E-state index in [-0.39, 0.29) is 0 Å². The zero-order valence-corrected chi connectivity index (χ0v) is 12.3. The fourth-order valence-electron chi connectivity index (χ4n) is 3.02. The van der Waals surface area contributed by atoms with Gasteiger partial charge in [0, 0.05) is 19.2 Å². The molecule has 3 heteroatoms. The third kappa shape index (κ3) is 3.53. The maximum Gasteiger partial charge on any atom is 0.118 e. The van der Waals surface area contributed by atoms with E-state index in [1.165, 1.54) is 37.7 Å². The molecule has 1 heterocycles. The molecule has 0 spiro atoms. The molecule has 1 aliphatic heterocycles. The second-order valence-electron chi connectivity index (χ2n) is 5.99. The van der Waals surface area contributed by atoms with Crippen LogP contribution in [0, 0.1) is 5.92 Å². The molecule has 110 valence electrons. The van der Waals surface area contributed by atoms with E-state index < -0.39 is 0 Å². The van der Waals surface area contributed by atoms with Gasteiger partial charge in [0.05, 0.1) is 13.2 Å². The van der Waals surface area contributed by atoms with Gasteiger partial charge in [0.2, 0.25) is 0 Å². The smallest absolute Gasteiger partial charge is 0.118 e. The van der Waals surface area contributed by atoms with Crippen LogP contribution in [0.2, 0.25) is 0 Å². The van der Waals surface area contributed by atoms with E-state index in [1.54, 1.807) is 7.11 Å². The Bertz CT molecular complexity index is 408. The molecule has 3 nitrogen and oxygen atoms in total. The Balaban J connectivity index is 1.59. The van der Waals surface area contributed by atoms with Gasteiger partial charge in [-0.1, -0.05) is 12.1 Å². The standard InChI is InChI=1S/C17H25NO2/c1-19-15-9-7-14(8-10-15)17(13-5-6-13)18-12-16-4-2-3-11-20-16/h7-10,13,16-18H,2-6,11-12H2,1H3. The predicted molar refractivity (Wildman–Crippen MR) is 80.1 cm³/mol. The molecule has 0 radical (unpaired) electrons. The van der Waals surface area contributed by atoms with Gasteiger partial charge < -0.3 is 14.8 Å². The zero-order chi connectivity index (χ0) is 13.8. The number of nitrogens with one attached hydrogen (secondary N) is 1. The van der Waals surface area contributed by atoms with Crippen molar-refractivity contribution >= 4 is 0 Å². The average molecular weight is 275 g/mol. The Kier molecular flexibility index (Phi) is 4.58. The summed E-state index contributed by atoms with van der Waals surface area (Å²) in [6, 6.07) is 8.98. The van der Waals surface area contributed by atoms with E-state index in [0.717, 1.165) is 24.8 Å². The van der Waals surface area contributed by atoms with Crippen LogP contribution < -0.4 is 10.1 Å². The van der Waals surface area contributed by atoms with E-state index in [1.807, 2.05) is 0 Å². The highest BCUT2D eigenvalue weighted by Gasteiger charge is 2.32. The summed E-state index contributed by atoms with van der Waals surface area (Å²) >= 11 is 0. The molecule has 1 saturated carbocycles. The second-order valence-corrected chi connectivity index (χ2v) is 5.99. The van der Waals surface area contributed by atoms with Gasteiger partial charge in [-0.15, -0.1) is 0 Å². The van der Waals surface area contributed by atoms with Gasteiger partial charge in [0.1, 0.15) is 5.75 Å². The van der Waals surface area contributed by atoms with Crippen molar-refractivity contribution < 1.29 is 9.47 Å². The minimum absolute atomic E-state index is 0.406. The summed E-state index contributed by atoms with van der Waals surface area (Å²) in [7, 11) is 1.71. The molecular formula is C17H25NO2. The van der Waals surface area contributed by atoms with Crippen molar-refractivity contribution in [3.05, 3.63) is 29.8 Å². The second kappa shape index (κ2) is 6.59. The normalized spacial score (nSPS) is 24.4. The SMILES string of the molecule is COc1ccc(C(NCC2CCCCO2)C2CC2)cc1. The van der Waals surface area contributed by atoms with Gasteiger partial charge in [0.15, 0.2) is 0 Å². The first-order chi connectivity index (χ1) is 9.86. The highest BCUT2D eigenvalue weighted by atomic mass is 16.5. The molecule has 2 atom stereocenters. The molecule has 0 bridgehead atoms. The van der Waals surface area contributed by atoms with Gasteiger partial charge in [0.25, 0.3) is 0 Å². The summed E-state index contributed by atoms with van der Waals surface area (Å²) < 4.78 is 11.1. The molecule has 2 unspecified atom stereocenters. The quantitative estimate of drug-likeness (QED) is 0.864. The summed E-state index contributed by atoms with van der Waals surface area (Å²) in [5.41, 5.74) is 1.38. The zero-order valence-electron chi connectivity index (χ0n) is 12.3. The Hall–Kier alpha value is -1.06. The van der Waals surface area contributed by atoms with E-state index in [0.29, 0.717) is 12.1 Å². The van der Waals surface area contributed by atoms with Crippen molar-refractivity contribution in [2.45, 2.75) is 44.2 Å². The molecule has 2 aliphatic rings. The van der Waals surface area contributed by atoms with E-state index in [4.69, 9.17) is 9.47 Å². The molecule has 1 aromatic rings. The van der Waals surface area contributed by atoms with Crippen molar-refractivity contribution in [3.63, 3.8) is 0 Å². The van der Waals surface area contributed by atoms with Crippen LogP contribution in [-0.4, -0.2) is 26.4 Å². The lowest BCUT2D eigenvalue weighted by atomic mass is 10.0. The minimum Gasteiger partial charge on any atom is -0.497 e. The molecule has 1 aliphatic carbocycles. The van der Waals surface area contributed by atoms with Crippen LogP contribution >= 0.6 is 0 Å². The van der Waals surface area contributed by atoms with Gasteiger partial charge in [-0.3, -0.25) is 0 Å². The molecular weight excluding hydrogens is 250 g/mol. The molecule has 20 heavy (non-hydrogen) atoms. The number of hydrogen-bond donors (Lipinski definition) is 1. The van der Waals surface area contributed by atoms with Crippen LogP contribution in [0.3, 0.4) is 0 Å². The molecule has 0 amide bonds. The maximum absolute atomic E-state index is 5.82. The third-order valence-electron chi connectivity index (χ3n) is 4.41. The van der Waals surface area contributed by atoms with Crippen LogP contribution in [0.25, 0.3) is 0 Å². The van der Waals surface area contributed by atoms with Gasteiger partial charge >= 0.3 is 0 Å². The van der Waals surface area contributed by atoms with Crippen LogP contribution in [0.15, 0.2) is 24.3 Å². The summed E-state index contributed by atoms with van der Waals surface area (Å²) in [6.45, 7) is 1.91. The number of methoxy groups -OCH3 is 1. The first kappa shape index (κ1) is 13.9. The van der Waals surface area contributed by atoms with Crippen LogP contribution in [0.5, 0.6) is 5.75 Å². The largest absolute Gasteiger partial charge is 0.497 e. The summed E-state index contributed by atoms with van der Waals surface area (Å²) in [6.07, 6.45) is 6.82. The van der Waals surface area contributed by atoms with Gasteiger partial charge in [-0.2, -0.15) is 0 Å². The number of rotatable bonds is 6. The van der Waals surface area contributed by atoms with Crippen LogP contribution in [-0.2, 0) is 4.74 Å². The molecule has 3 rings (SSSR count). The van der Waals surface area contributed by atoms with E-state index in [9.17, 15) is 0 Å². The molecule has 1 saturated heterocycles. The Labute approximate surface area is 121 Å². The van der Waals surface area contributed by atoms with Crippen molar-refractivity contribution in [1.82, 2.24) is 5.32 Å². The fourth-order valence-corrected chi connectivity index (χ4v) is 3.02. The topological polar surface area (TPSA) is 30.5 Å². The first-order valence-corrected chi connectivity index (χ1v) is 7.86. The average Bonchev–Trinajstić information content (AvgIpc) is 3.34. The predicted octanol–water partition coefficient (Wildman–Crippen LogP) is 3.31. The van der Waals surface area contributed by atoms with Crippen molar-refractivity contribution in [1.29, 1.82) is 0 Å². The van der Waals surface area contributed by atoms with Gasteiger partial charge in [-0.05, 0) is 55.7 Å². The van der Waals surface area contributed by atoms with Crippen molar-refractivity contribution in [3.8, 4) is 5.75 Å². The highest BCUT2D eigenvalue weighted by molar-refractivity contribution is 5.30. The summed E-state index contributed by atoms with van der Waals surface area (Å²) in [4.78, 5) is 0. The fraction of sp³-hybridized carbons (Fsp3) is 0.647. The maximum atomic E-state index is 5.82. The summed E-state index contributed by atoms with van der Waals surface area (Å²) in [5.74, 6) is 1.73. The number of benzene rings is 1. The van der Waals surface area contributed by atoms with Crippen molar-refractivity contribution in [2.24, 2.45) is 5.92 Å². The Morgan fingerprint density at radius 2 is 2.00 bits per heavy atom. The van der Waals surface area contributed by atoms with Crippen LogP contribution in [0.4, 0.5) is 0 Å². The molecule has 1 aromatic carbocycles. The summed E-state index contributed by atoms with van der Waals surface area (Å²) in [5, 5.41) is 3.74. The third-order valence-corrected chi connectivity index (χ3v) is 4.41. The number of ether oxygens (including phenoxy) is 2. The molecule has 2 fully saturated rings. The Morgan fingerprint density at radius 1 is 1.20 bits per heavy atom. The minimum atomic E-state index is 0.406. The van der Waals surface area contributed by atoms with Crippen molar-refractivity contribution in [2.75, 3.05) is 20.3 Å². The lowest BCUT2D eigenvalue weighted by Crippen LogP contribution is -2.34. The monoisotopic (exact) mass is 275 g/mol. The van der Waals surface area contributed by atoms with Crippen LogP contribution in [0.1, 0.15) is 43.7 Å². The van der Waals surface area contributed by atoms with Gasteiger partial charge in [-0.25, -0.2) is 0 Å². The number of hydrogen-bond acceptors (Lipinski definition) is 3. The lowest BCUT2D eigenvalue weighted by Gasteiger charge is -2.26. The van der Waals surface area contributed by atoms with E-state index in [2.05, 4.69) is 29.6 Å². The van der Waals surface area contributed by atoms with E-state index >= 15 is 0 Å². The lowest BCUT2D eigenvalue weighted by molar-refractivity contribution is 0.0149.